The zero-order valence-corrected chi connectivity index (χ0v) is 19.4. The summed E-state index contributed by atoms with van der Waals surface area (Å²) >= 11 is 6.17. The van der Waals surface area contributed by atoms with Crippen LogP contribution in [0.25, 0.3) is 0 Å². The second-order valence-corrected chi connectivity index (χ2v) is 9.37. The van der Waals surface area contributed by atoms with Crippen LogP contribution in [0.5, 0.6) is 5.75 Å². The molecule has 0 saturated heterocycles. The molecule has 3 rings (SSSR count). The van der Waals surface area contributed by atoms with Crippen LogP contribution in [-0.2, 0) is 21.2 Å². The van der Waals surface area contributed by atoms with Crippen molar-refractivity contribution in [3.63, 3.8) is 0 Å². The average molecular weight is 473 g/mol. The Hall–Kier alpha value is -2.87. The highest BCUT2D eigenvalue weighted by Gasteiger charge is 2.27. The van der Waals surface area contributed by atoms with Crippen molar-refractivity contribution in [3.8, 4) is 5.75 Å². The van der Waals surface area contributed by atoms with Crippen molar-refractivity contribution in [1.29, 1.82) is 0 Å². The van der Waals surface area contributed by atoms with Crippen molar-refractivity contribution in [2.45, 2.75) is 31.2 Å². The van der Waals surface area contributed by atoms with Gasteiger partial charge in [0.1, 0.15) is 11.8 Å². The Morgan fingerprint density at radius 3 is 2.34 bits per heavy atom. The van der Waals surface area contributed by atoms with Crippen molar-refractivity contribution in [1.82, 2.24) is 4.72 Å². The Morgan fingerprint density at radius 2 is 1.72 bits per heavy atom. The number of carbonyl (C=O) groups is 1. The molecule has 0 spiro atoms. The van der Waals surface area contributed by atoms with E-state index >= 15 is 0 Å². The number of nitrogens with one attached hydrogen (secondary N) is 2. The maximum atomic E-state index is 13.1. The van der Waals surface area contributed by atoms with Gasteiger partial charge in [-0.1, -0.05) is 59.6 Å². The molecule has 1 amide bonds. The van der Waals surface area contributed by atoms with Crippen LogP contribution in [0.1, 0.15) is 18.1 Å². The summed E-state index contributed by atoms with van der Waals surface area (Å²) < 4.78 is 34.0. The maximum absolute atomic E-state index is 13.1. The largest absolute Gasteiger partial charge is 0.492 e. The molecule has 0 bridgehead atoms. The molecule has 0 aliphatic heterocycles. The minimum atomic E-state index is -4.03. The summed E-state index contributed by atoms with van der Waals surface area (Å²) in [7, 11) is -4.03. The SMILES string of the molecule is CCOc1ccc(S(=O)(=O)N[C@H](Cc2ccccc2)C(=O)Nc2ccc(C)cc2)cc1Cl. The predicted molar refractivity (Wildman–Crippen MR) is 127 cm³/mol. The number of hydrogen-bond acceptors (Lipinski definition) is 4. The van der Waals surface area contributed by atoms with Gasteiger partial charge < -0.3 is 10.1 Å². The number of rotatable bonds is 9. The normalized spacial score (nSPS) is 12.2. The number of amides is 1. The van der Waals surface area contributed by atoms with Crippen molar-refractivity contribution in [2.75, 3.05) is 11.9 Å². The summed E-state index contributed by atoms with van der Waals surface area (Å²) in [6.07, 6.45) is 0.183. The van der Waals surface area contributed by atoms with Crippen LogP contribution in [0.4, 0.5) is 5.69 Å². The molecule has 0 aromatic heterocycles. The summed E-state index contributed by atoms with van der Waals surface area (Å²) in [6.45, 7) is 4.16. The highest BCUT2D eigenvalue weighted by Crippen LogP contribution is 2.27. The fourth-order valence-electron chi connectivity index (χ4n) is 3.08. The zero-order chi connectivity index (χ0) is 23.1. The molecule has 0 aliphatic carbocycles. The molecule has 6 nitrogen and oxygen atoms in total. The Bertz CT molecular complexity index is 1170. The van der Waals surface area contributed by atoms with E-state index in [1.807, 2.05) is 56.3 Å². The lowest BCUT2D eigenvalue weighted by Gasteiger charge is -2.19. The van der Waals surface area contributed by atoms with Gasteiger partial charge in [0, 0.05) is 5.69 Å². The predicted octanol–water partition coefficient (Wildman–Crippen LogP) is 4.58. The van der Waals surface area contributed by atoms with Gasteiger partial charge >= 0.3 is 0 Å². The second-order valence-electron chi connectivity index (χ2n) is 7.24. The van der Waals surface area contributed by atoms with E-state index in [0.717, 1.165) is 11.1 Å². The molecular formula is C24H25ClN2O4S. The fourth-order valence-corrected chi connectivity index (χ4v) is 4.60. The van der Waals surface area contributed by atoms with Gasteiger partial charge in [-0.3, -0.25) is 4.79 Å². The lowest BCUT2D eigenvalue weighted by molar-refractivity contribution is -0.117. The lowest BCUT2D eigenvalue weighted by atomic mass is 10.1. The molecule has 3 aromatic rings. The van der Waals surface area contributed by atoms with Crippen molar-refractivity contribution in [3.05, 3.63) is 88.9 Å². The minimum Gasteiger partial charge on any atom is -0.492 e. The van der Waals surface area contributed by atoms with Crippen LogP contribution < -0.4 is 14.8 Å². The molecule has 0 radical (unpaired) electrons. The van der Waals surface area contributed by atoms with E-state index in [-0.39, 0.29) is 16.3 Å². The van der Waals surface area contributed by atoms with E-state index in [1.54, 1.807) is 12.1 Å². The fraction of sp³-hybridized carbons (Fsp3) is 0.208. The third kappa shape index (κ3) is 6.32. The molecule has 0 saturated carbocycles. The summed E-state index contributed by atoms with van der Waals surface area (Å²) in [5.41, 5.74) is 2.46. The van der Waals surface area contributed by atoms with Crippen molar-refractivity contribution >= 4 is 33.2 Å². The molecule has 1 atom stereocenters. The van der Waals surface area contributed by atoms with E-state index in [4.69, 9.17) is 16.3 Å². The molecule has 0 heterocycles. The Kier molecular flexibility index (Phi) is 7.90. The van der Waals surface area contributed by atoms with E-state index in [2.05, 4.69) is 10.0 Å². The van der Waals surface area contributed by atoms with Crippen LogP contribution in [0, 0.1) is 6.92 Å². The van der Waals surface area contributed by atoms with E-state index < -0.39 is 22.0 Å². The maximum Gasteiger partial charge on any atom is 0.242 e. The molecule has 32 heavy (non-hydrogen) atoms. The first kappa shape index (κ1) is 23.8. The molecule has 8 heteroatoms. The van der Waals surface area contributed by atoms with Crippen LogP contribution >= 0.6 is 11.6 Å². The first-order valence-corrected chi connectivity index (χ1v) is 12.0. The van der Waals surface area contributed by atoms with Gasteiger partial charge in [-0.05, 0) is 56.2 Å². The lowest BCUT2D eigenvalue weighted by Crippen LogP contribution is -2.45. The van der Waals surface area contributed by atoms with Crippen LogP contribution in [0.3, 0.4) is 0 Å². The highest BCUT2D eigenvalue weighted by atomic mass is 35.5. The third-order valence-electron chi connectivity index (χ3n) is 4.73. The second kappa shape index (κ2) is 10.6. The third-order valence-corrected chi connectivity index (χ3v) is 6.49. The number of sulfonamides is 1. The van der Waals surface area contributed by atoms with Gasteiger partial charge in [0.15, 0.2) is 0 Å². The first-order chi connectivity index (χ1) is 15.3. The van der Waals surface area contributed by atoms with E-state index in [0.29, 0.717) is 18.0 Å². The van der Waals surface area contributed by atoms with Gasteiger partial charge in [0.25, 0.3) is 0 Å². The molecule has 168 valence electrons. The summed E-state index contributed by atoms with van der Waals surface area (Å²) in [5.74, 6) is -0.0654. The summed E-state index contributed by atoms with van der Waals surface area (Å²) in [6, 6.07) is 19.7. The number of benzene rings is 3. The van der Waals surface area contributed by atoms with Gasteiger partial charge in [0.05, 0.1) is 16.5 Å². The Morgan fingerprint density at radius 1 is 1.03 bits per heavy atom. The summed E-state index contributed by atoms with van der Waals surface area (Å²) in [5, 5.41) is 2.97. The minimum absolute atomic E-state index is 0.0489. The first-order valence-electron chi connectivity index (χ1n) is 10.1. The molecule has 2 N–H and O–H groups in total. The van der Waals surface area contributed by atoms with Crippen LogP contribution in [0.15, 0.2) is 77.7 Å². The quantitative estimate of drug-likeness (QED) is 0.477. The molecule has 0 unspecified atom stereocenters. The van der Waals surface area contributed by atoms with Crippen LogP contribution in [0.2, 0.25) is 5.02 Å². The van der Waals surface area contributed by atoms with E-state index in [9.17, 15) is 13.2 Å². The molecule has 0 fully saturated rings. The number of carbonyl (C=O) groups excluding carboxylic acids is 1. The molecular weight excluding hydrogens is 448 g/mol. The average Bonchev–Trinajstić information content (AvgIpc) is 2.77. The van der Waals surface area contributed by atoms with Gasteiger partial charge in [-0.15, -0.1) is 0 Å². The van der Waals surface area contributed by atoms with Gasteiger partial charge in [-0.2, -0.15) is 4.72 Å². The Balaban J connectivity index is 1.86. The number of anilines is 1. The topological polar surface area (TPSA) is 84.5 Å². The highest BCUT2D eigenvalue weighted by molar-refractivity contribution is 7.89. The van der Waals surface area contributed by atoms with Crippen LogP contribution in [-0.4, -0.2) is 27.0 Å². The van der Waals surface area contributed by atoms with E-state index in [1.165, 1.54) is 18.2 Å². The number of hydrogen-bond donors (Lipinski definition) is 2. The van der Waals surface area contributed by atoms with Crippen molar-refractivity contribution < 1.29 is 17.9 Å². The van der Waals surface area contributed by atoms with Crippen molar-refractivity contribution in [2.24, 2.45) is 0 Å². The Labute approximate surface area is 193 Å². The van der Waals surface area contributed by atoms with Gasteiger partial charge in [-0.25, -0.2) is 8.42 Å². The number of aryl methyl sites for hydroxylation is 1. The van der Waals surface area contributed by atoms with Gasteiger partial charge in [0.2, 0.25) is 15.9 Å². The standard InChI is InChI=1S/C24H25ClN2O4S/c1-3-31-23-14-13-20(16-21(23)25)32(29,30)27-22(15-18-7-5-4-6-8-18)24(28)26-19-11-9-17(2)10-12-19/h4-14,16,22,27H,3,15H2,1-2H3,(H,26,28)/t22-/m1/s1. The zero-order valence-electron chi connectivity index (χ0n) is 17.8. The molecule has 3 aromatic carbocycles. The monoisotopic (exact) mass is 472 g/mol. The number of ether oxygens (including phenoxy) is 1. The smallest absolute Gasteiger partial charge is 0.242 e. The molecule has 0 aliphatic rings. The number of halogens is 1. The summed E-state index contributed by atoms with van der Waals surface area (Å²) in [4.78, 5) is 13.0.